The van der Waals surface area contributed by atoms with E-state index in [1.807, 2.05) is 64.3 Å². The number of rotatable bonds is 6. The van der Waals surface area contributed by atoms with Gasteiger partial charge in [-0.25, -0.2) is 4.98 Å². The van der Waals surface area contributed by atoms with Crippen LogP contribution in [0.3, 0.4) is 0 Å². The Balaban J connectivity index is 0.00000160. The van der Waals surface area contributed by atoms with Gasteiger partial charge >= 0.3 is 0 Å². The molecule has 30 heavy (non-hydrogen) atoms. The molecule has 1 aromatic heterocycles. The molecule has 3 aromatic rings. The number of carbonyl (C=O) groups is 1. The molecule has 1 saturated heterocycles. The third kappa shape index (κ3) is 5.32. The lowest BCUT2D eigenvalue weighted by Crippen LogP contribution is -2.41. The first-order valence-electron chi connectivity index (χ1n) is 9.90. The van der Waals surface area contributed by atoms with Crippen molar-refractivity contribution in [1.82, 2.24) is 14.5 Å². The molecule has 6 nitrogen and oxygen atoms in total. The molecule has 2 aromatic carbocycles. The molecule has 4 rings (SSSR count). The van der Waals surface area contributed by atoms with E-state index >= 15 is 0 Å². The lowest BCUT2D eigenvalue weighted by molar-refractivity contribution is 0.00845. The SMILES string of the molecule is Cl.Cl.NCCCOC1CCN(C(=O)c2ccc(-n3cnc4ccccc43)cc2)CC1. The van der Waals surface area contributed by atoms with Gasteiger partial charge in [0.2, 0.25) is 0 Å². The second-order valence-corrected chi connectivity index (χ2v) is 7.15. The van der Waals surface area contributed by atoms with E-state index < -0.39 is 0 Å². The second-order valence-electron chi connectivity index (χ2n) is 7.15. The van der Waals surface area contributed by atoms with Crippen LogP contribution in [0, 0.1) is 0 Å². The van der Waals surface area contributed by atoms with Gasteiger partial charge in [0.25, 0.3) is 5.91 Å². The molecular formula is C22H28Cl2N4O2. The van der Waals surface area contributed by atoms with Crippen molar-refractivity contribution in [2.24, 2.45) is 5.73 Å². The zero-order valence-electron chi connectivity index (χ0n) is 16.8. The molecule has 0 unspecified atom stereocenters. The molecule has 1 fully saturated rings. The zero-order chi connectivity index (χ0) is 19.3. The van der Waals surface area contributed by atoms with Crippen LogP contribution in [0.5, 0.6) is 0 Å². The molecule has 1 aliphatic heterocycles. The Morgan fingerprint density at radius 1 is 1.07 bits per heavy atom. The van der Waals surface area contributed by atoms with Crippen LogP contribution in [0.2, 0.25) is 0 Å². The molecule has 0 radical (unpaired) electrons. The number of piperidine rings is 1. The number of amides is 1. The van der Waals surface area contributed by atoms with Crippen LogP contribution in [0.1, 0.15) is 29.6 Å². The van der Waals surface area contributed by atoms with Crippen LogP contribution in [-0.2, 0) is 4.74 Å². The molecule has 1 aliphatic rings. The summed E-state index contributed by atoms with van der Waals surface area (Å²) in [5.74, 6) is 0.0856. The number of imidazole rings is 1. The van der Waals surface area contributed by atoms with E-state index in [0.717, 1.165) is 54.6 Å². The highest BCUT2D eigenvalue weighted by Gasteiger charge is 2.24. The fourth-order valence-electron chi connectivity index (χ4n) is 3.67. The topological polar surface area (TPSA) is 73.4 Å². The first kappa shape index (κ1) is 24.2. The Labute approximate surface area is 189 Å². The number of para-hydroxylation sites is 2. The zero-order valence-corrected chi connectivity index (χ0v) is 18.4. The summed E-state index contributed by atoms with van der Waals surface area (Å²) in [5, 5.41) is 0. The van der Waals surface area contributed by atoms with Gasteiger partial charge in [-0.1, -0.05) is 12.1 Å². The molecule has 2 N–H and O–H groups in total. The van der Waals surface area contributed by atoms with Gasteiger partial charge in [0.1, 0.15) is 6.33 Å². The van der Waals surface area contributed by atoms with Crippen molar-refractivity contribution in [3.05, 3.63) is 60.4 Å². The summed E-state index contributed by atoms with van der Waals surface area (Å²) < 4.78 is 7.86. The maximum Gasteiger partial charge on any atom is 0.253 e. The molecule has 0 bridgehead atoms. The second kappa shape index (κ2) is 11.3. The quantitative estimate of drug-likeness (QED) is 0.578. The summed E-state index contributed by atoms with van der Waals surface area (Å²) in [6.07, 6.45) is 4.71. The lowest BCUT2D eigenvalue weighted by Gasteiger charge is -2.32. The first-order valence-corrected chi connectivity index (χ1v) is 9.90. The van der Waals surface area contributed by atoms with Crippen molar-refractivity contribution in [3.8, 4) is 5.69 Å². The number of hydrogen-bond acceptors (Lipinski definition) is 4. The van der Waals surface area contributed by atoms with E-state index in [9.17, 15) is 4.79 Å². The third-order valence-electron chi connectivity index (χ3n) is 5.28. The molecule has 2 heterocycles. The van der Waals surface area contributed by atoms with E-state index in [2.05, 4.69) is 4.98 Å². The minimum absolute atomic E-state index is 0. The monoisotopic (exact) mass is 450 g/mol. The van der Waals surface area contributed by atoms with Crippen LogP contribution >= 0.6 is 24.8 Å². The largest absolute Gasteiger partial charge is 0.378 e. The Hall–Kier alpha value is -2.12. The smallest absolute Gasteiger partial charge is 0.253 e. The number of nitrogens with two attached hydrogens (primary N) is 1. The Morgan fingerprint density at radius 2 is 1.77 bits per heavy atom. The predicted molar refractivity (Wildman–Crippen MR) is 124 cm³/mol. The van der Waals surface area contributed by atoms with E-state index in [-0.39, 0.29) is 36.8 Å². The maximum absolute atomic E-state index is 12.8. The first-order chi connectivity index (χ1) is 13.8. The highest BCUT2D eigenvalue weighted by Crippen LogP contribution is 2.20. The van der Waals surface area contributed by atoms with Gasteiger partial charge in [0.15, 0.2) is 0 Å². The summed E-state index contributed by atoms with van der Waals surface area (Å²) in [7, 11) is 0. The number of likely N-dealkylation sites (tertiary alicyclic amines) is 1. The van der Waals surface area contributed by atoms with Crippen molar-refractivity contribution in [3.63, 3.8) is 0 Å². The van der Waals surface area contributed by atoms with E-state index in [4.69, 9.17) is 10.5 Å². The average Bonchev–Trinajstić information content (AvgIpc) is 3.18. The normalized spacial score (nSPS) is 14.2. The van der Waals surface area contributed by atoms with Crippen LogP contribution in [-0.4, -0.2) is 52.7 Å². The van der Waals surface area contributed by atoms with Crippen LogP contribution in [0.25, 0.3) is 16.7 Å². The van der Waals surface area contributed by atoms with Crippen molar-refractivity contribution >= 4 is 41.8 Å². The van der Waals surface area contributed by atoms with E-state index in [0.29, 0.717) is 13.2 Å². The number of ether oxygens (including phenoxy) is 1. The predicted octanol–water partition coefficient (Wildman–Crippen LogP) is 3.84. The molecule has 0 spiro atoms. The van der Waals surface area contributed by atoms with Gasteiger partial charge in [-0.3, -0.25) is 9.36 Å². The third-order valence-corrected chi connectivity index (χ3v) is 5.28. The van der Waals surface area contributed by atoms with Gasteiger partial charge in [-0.2, -0.15) is 0 Å². The summed E-state index contributed by atoms with van der Waals surface area (Å²) >= 11 is 0. The van der Waals surface area contributed by atoms with Gasteiger partial charge in [0.05, 0.1) is 17.1 Å². The number of halogens is 2. The standard InChI is InChI=1S/C22H26N4O2.2ClH/c23-12-3-15-28-19-10-13-25(14-11-19)22(27)17-6-8-18(9-7-17)26-16-24-20-4-1-2-5-21(20)26;;/h1-2,4-9,16,19H,3,10-15,23H2;2*1H. The lowest BCUT2D eigenvalue weighted by atomic mass is 10.1. The van der Waals surface area contributed by atoms with Gasteiger partial charge in [0, 0.05) is 30.9 Å². The van der Waals surface area contributed by atoms with Crippen molar-refractivity contribution in [1.29, 1.82) is 0 Å². The minimum Gasteiger partial charge on any atom is -0.378 e. The molecule has 0 atom stereocenters. The molecule has 8 heteroatoms. The molecule has 0 saturated carbocycles. The number of fused-ring (bicyclic) bond motifs is 1. The average molecular weight is 451 g/mol. The Bertz CT molecular complexity index is 938. The van der Waals surface area contributed by atoms with Gasteiger partial charge < -0.3 is 15.4 Å². The fraction of sp³-hybridized carbons (Fsp3) is 0.364. The van der Waals surface area contributed by atoms with E-state index in [1.165, 1.54) is 0 Å². The highest BCUT2D eigenvalue weighted by atomic mass is 35.5. The van der Waals surface area contributed by atoms with Gasteiger partial charge in [-0.05, 0) is 62.2 Å². The molecular weight excluding hydrogens is 423 g/mol. The Kier molecular flexibility index (Phi) is 9.11. The number of nitrogens with zero attached hydrogens (tertiary/aromatic N) is 3. The summed E-state index contributed by atoms with van der Waals surface area (Å²) in [6, 6.07) is 15.8. The van der Waals surface area contributed by atoms with Crippen molar-refractivity contribution in [2.45, 2.75) is 25.4 Å². The molecule has 1 amide bonds. The number of benzene rings is 2. The van der Waals surface area contributed by atoms with Gasteiger partial charge in [-0.15, -0.1) is 24.8 Å². The Morgan fingerprint density at radius 3 is 2.47 bits per heavy atom. The fourth-order valence-corrected chi connectivity index (χ4v) is 3.67. The summed E-state index contributed by atoms with van der Waals surface area (Å²) in [5.41, 5.74) is 9.23. The minimum atomic E-state index is 0. The van der Waals surface area contributed by atoms with E-state index in [1.54, 1.807) is 0 Å². The maximum atomic E-state index is 12.8. The van der Waals surface area contributed by atoms with Crippen LogP contribution in [0.15, 0.2) is 54.9 Å². The van der Waals surface area contributed by atoms with Crippen molar-refractivity contribution < 1.29 is 9.53 Å². The van der Waals surface area contributed by atoms with Crippen LogP contribution < -0.4 is 5.73 Å². The van der Waals surface area contributed by atoms with Crippen molar-refractivity contribution in [2.75, 3.05) is 26.2 Å². The number of hydrogen-bond donors (Lipinski definition) is 1. The highest BCUT2D eigenvalue weighted by molar-refractivity contribution is 5.94. The summed E-state index contributed by atoms with van der Waals surface area (Å²) in [4.78, 5) is 19.2. The number of aromatic nitrogens is 2. The van der Waals surface area contributed by atoms with Crippen LogP contribution in [0.4, 0.5) is 0 Å². The molecule has 0 aliphatic carbocycles. The molecule has 162 valence electrons. The summed E-state index contributed by atoms with van der Waals surface area (Å²) in [6.45, 7) is 2.84. The number of carbonyl (C=O) groups excluding carboxylic acids is 1.